The average Bonchev–Trinajstić information content (AvgIpc) is 2.71. The van der Waals surface area contributed by atoms with E-state index in [-0.39, 0.29) is 11.9 Å². The fraction of sp³-hybridized carbons (Fsp3) is 0.538. The molecule has 17 heavy (non-hydrogen) atoms. The second-order valence-electron chi connectivity index (χ2n) is 4.66. The van der Waals surface area contributed by atoms with Crippen LogP contribution in [0.5, 0.6) is 5.75 Å². The van der Waals surface area contributed by atoms with Gasteiger partial charge in [0.05, 0.1) is 7.11 Å². The van der Waals surface area contributed by atoms with Gasteiger partial charge in [0.25, 0.3) is 0 Å². The van der Waals surface area contributed by atoms with Crippen LogP contribution < -0.4 is 10.5 Å². The van der Waals surface area contributed by atoms with Crippen molar-refractivity contribution in [3.63, 3.8) is 0 Å². The first-order chi connectivity index (χ1) is 8.17. The Hall–Kier alpha value is -1.13. The predicted molar refractivity (Wildman–Crippen MR) is 65.5 cm³/mol. The first kappa shape index (κ1) is 12.3. The minimum absolute atomic E-state index is 0.110. The van der Waals surface area contributed by atoms with Gasteiger partial charge in [-0.3, -0.25) is 4.90 Å². The molecule has 0 saturated carbocycles. The Balaban J connectivity index is 2.28. The van der Waals surface area contributed by atoms with E-state index in [2.05, 4.69) is 4.90 Å². The Morgan fingerprint density at radius 2 is 2.29 bits per heavy atom. The molecule has 0 radical (unpaired) electrons. The second-order valence-corrected chi connectivity index (χ2v) is 4.66. The number of halogens is 1. The zero-order valence-corrected chi connectivity index (χ0v) is 10.3. The van der Waals surface area contributed by atoms with Crippen LogP contribution in [-0.2, 0) is 0 Å². The molecule has 1 aliphatic heterocycles. The van der Waals surface area contributed by atoms with Crippen molar-refractivity contribution in [3.05, 3.63) is 29.6 Å². The molecule has 1 heterocycles. The van der Waals surface area contributed by atoms with Crippen LogP contribution in [0.2, 0.25) is 0 Å². The molecule has 3 nitrogen and oxygen atoms in total. The lowest BCUT2D eigenvalue weighted by Crippen LogP contribution is -2.21. The van der Waals surface area contributed by atoms with E-state index in [0.29, 0.717) is 23.8 Å². The van der Waals surface area contributed by atoms with E-state index >= 15 is 0 Å². The largest absolute Gasteiger partial charge is 0.494 e. The molecule has 1 aliphatic rings. The topological polar surface area (TPSA) is 38.5 Å². The van der Waals surface area contributed by atoms with Crippen LogP contribution in [0.15, 0.2) is 18.2 Å². The molecule has 1 fully saturated rings. The molecule has 0 aromatic heterocycles. The number of ether oxygens (including phenoxy) is 1. The Kier molecular flexibility index (Phi) is 3.64. The maximum absolute atomic E-state index is 14.1. The van der Waals surface area contributed by atoms with Gasteiger partial charge in [0.2, 0.25) is 0 Å². The number of benzene rings is 1. The van der Waals surface area contributed by atoms with Crippen molar-refractivity contribution in [2.75, 3.05) is 27.2 Å². The van der Waals surface area contributed by atoms with Gasteiger partial charge in [-0.25, -0.2) is 4.39 Å². The monoisotopic (exact) mass is 238 g/mol. The van der Waals surface area contributed by atoms with Crippen molar-refractivity contribution in [3.8, 4) is 5.75 Å². The number of hydrogen-bond donors (Lipinski definition) is 1. The Morgan fingerprint density at radius 3 is 2.88 bits per heavy atom. The van der Waals surface area contributed by atoms with Crippen LogP contribution in [0.25, 0.3) is 0 Å². The molecular weight excluding hydrogens is 219 g/mol. The Morgan fingerprint density at radius 1 is 1.53 bits per heavy atom. The van der Waals surface area contributed by atoms with Crippen molar-refractivity contribution in [1.82, 2.24) is 4.90 Å². The van der Waals surface area contributed by atoms with E-state index in [1.807, 2.05) is 19.2 Å². The summed E-state index contributed by atoms with van der Waals surface area (Å²) in [4.78, 5) is 2.16. The van der Waals surface area contributed by atoms with Gasteiger partial charge < -0.3 is 10.5 Å². The molecule has 1 aromatic rings. The summed E-state index contributed by atoms with van der Waals surface area (Å²) in [5.41, 5.74) is 6.40. The van der Waals surface area contributed by atoms with Gasteiger partial charge in [0.1, 0.15) is 0 Å². The smallest absolute Gasteiger partial charge is 0.169 e. The third-order valence-electron chi connectivity index (χ3n) is 3.54. The van der Waals surface area contributed by atoms with Gasteiger partial charge in [-0.2, -0.15) is 0 Å². The third kappa shape index (κ3) is 2.28. The van der Waals surface area contributed by atoms with Gasteiger partial charge >= 0.3 is 0 Å². The molecule has 4 heteroatoms. The molecule has 94 valence electrons. The van der Waals surface area contributed by atoms with E-state index in [1.165, 1.54) is 7.11 Å². The summed E-state index contributed by atoms with van der Waals surface area (Å²) in [6.07, 6.45) is 0.914. The molecule has 1 aromatic carbocycles. The van der Waals surface area contributed by atoms with Crippen molar-refractivity contribution < 1.29 is 9.13 Å². The van der Waals surface area contributed by atoms with Crippen molar-refractivity contribution >= 4 is 0 Å². The lowest BCUT2D eigenvalue weighted by atomic mass is 9.99. The van der Waals surface area contributed by atoms with Gasteiger partial charge in [-0.15, -0.1) is 0 Å². The lowest BCUT2D eigenvalue weighted by molar-refractivity contribution is 0.302. The van der Waals surface area contributed by atoms with E-state index in [1.54, 1.807) is 6.07 Å². The first-order valence-electron chi connectivity index (χ1n) is 5.90. The highest BCUT2D eigenvalue weighted by molar-refractivity contribution is 5.33. The molecule has 0 amide bonds. The summed E-state index contributed by atoms with van der Waals surface area (Å²) in [5, 5.41) is 0. The standard InChI is InChI=1S/C13H19FN2O/c1-16-8-9(7-15)6-11(16)10-4-3-5-12(17-2)13(10)14/h3-5,9,11H,6-8,15H2,1-2H3. The number of methoxy groups -OCH3 is 1. The summed E-state index contributed by atoms with van der Waals surface area (Å²) < 4.78 is 19.2. The molecule has 0 aliphatic carbocycles. The highest BCUT2D eigenvalue weighted by Gasteiger charge is 2.31. The first-order valence-corrected chi connectivity index (χ1v) is 5.90. The van der Waals surface area contributed by atoms with E-state index in [4.69, 9.17) is 10.5 Å². The number of nitrogens with zero attached hydrogens (tertiary/aromatic N) is 1. The number of nitrogens with two attached hydrogens (primary N) is 1. The summed E-state index contributed by atoms with van der Waals surface area (Å²) in [6, 6.07) is 5.42. The molecule has 0 bridgehead atoms. The maximum atomic E-state index is 14.1. The Bertz CT molecular complexity index is 397. The van der Waals surface area contributed by atoms with Crippen LogP contribution >= 0.6 is 0 Å². The highest BCUT2D eigenvalue weighted by atomic mass is 19.1. The number of rotatable bonds is 3. The van der Waals surface area contributed by atoms with E-state index < -0.39 is 0 Å². The minimum atomic E-state index is -0.246. The highest BCUT2D eigenvalue weighted by Crippen LogP contribution is 2.36. The number of likely N-dealkylation sites (tertiary alicyclic amines) is 1. The predicted octanol–water partition coefficient (Wildman–Crippen LogP) is 1.79. The molecule has 0 spiro atoms. The van der Waals surface area contributed by atoms with Crippen LogP contribution in [0, 0.1) is 11.7 Å². The molecule has 1 saturated heterocycles. The molecular formula is C13H19FN2O. The normalized spacial score (nSPS) is 25.2. The number of hydrogen-bond acceptors (Lipinski definition) is 3. The van der Waals surface area contributed by atoms with Crippen molar-refractivity contribution in [1.29, 1.82) is 0 Å². The van der Waals surface area contributed by atoms with Crippen LogP contribution in [0.3, 0.4) is 0 Å². The molecule has 2 N–H and O–H groups in total. The summed E-state index contributed by atoms with van der Waals surface area (Å²) in [7, 11) is 3.50. The summed E-state index contributed by atoms with van der Waals surface area (Å²) >= 11 is 0. The summed E-state index contributed by atoms with van der Waals surface area (Å²) in [5.74, 6) is 0.521. The van der Waals surface area contributed by atoms with Gasteiger partial charge in [0, 0.05) is 18.2 Å². The third-order valence-corrected chi connectivity index (χ3v) is 3.54. The SMILES string of the molecule is COc1cccc(C2CC(CN)CN2C)c1F. The van der Waals surface area contributed by atoms with E-state index in [0.717, 1.165) is 13.0 Å². The fourth-order valence-corrected chi connectivity index (χ4v) is 2.58. The zero-order chi connectivity index (χ0) is 12.4. The van der Waals surface area contributed by atoms with Crippen molar-refractivity contribution in [2.24, 2.45) is 11.7 Å². The van der Waals surface area contributed by atoms with Crippen LogP contribution in [0.1, 0.15) is 18.0 Å². The maximum Gasteiger partial charge on any atom is 0.169 e. The quantitative estimate of drug-likeness (QED) is 0.872. The zero-order valence-electron chi connectivity index (χ0n) is 10.3. The summed E-state index contributed by atoms with van der Waals surface area (Å²) in [6.45, 7) is 1.59. The lowest BCUT2D eigenvalue weighted by Gasteiger charge is -2.20. The van der Waals surface area contributed by atoms with E-state index in [9.17, 15) is 4.39 Å². The van der Waals surface area contributed by atoms with Gasteiger partial charge in [-0.1, -0.05) is 12.1 Å². The van der Waals surface area contributed by atoms with Crippen LogP contribution in [0.4, 0.5) is 4.39 Å². The molecule has 2 atom stereocenters. The van der Waals surface area contributed by atoms with Crippen LogP contribution in [-0.4, -0.2) is 32.1 Å². The molecule has 2 unspecified atom stereocenters. The average molecular weight is 238 g/mol. The van der Waals surface area contributed by atoms with Crippen molar-refractivity contribution in [2.45, 2.75) is 12.5 Å². The van der Waals surface area contributed by atoms with Gasteiger partial charge in [0.15, 0.2) is 11.6 Å². The van der Waals surface area contributed by atoms with Gasteiger partial charge in [-0.05, 0) is 32.0 Å². The minimum Gasteiger partial charge on any atom is -0.494 e. The molecule has 2 rings (SSSR count). The Labute approximate surface area is 101 Å². The fourth-order valence-electron chi connectivity index (χ4n) is 2.58. The second kappa shape index (κ2) is 5.02.